The Morgan fingerprint density at radius 1 is 1.19 bits per heavy atom. The maximum Gasteiger partial charge on any atom is 0.246 e. The van der Waals surface area contributed by atoms with E-state index in [0.29, 0.717) is 25.4 Å². The maximum absolute atomic E-state index is 12.6. The Bertz CT molecular complexity index is 676. The van der Waals surface area contributed by atoms with Crippen LogP contribution < -0.4 is 9.64 Å². The fourth-order valence-electron chi connectivity index (χ4n) is 3.31. The Labute approximate surface area is 124 Å². The summed E-state index contributed by atoms with van der Waals surface area (Å²) in [6.07, 6.45) is 1.12. The second-order valence-corrected chi connectivity index (χ2v) is 7.82. The highest BCUT2D eigenvalue weighted by atomic mass is 32.2. The average molecular weight is 310 g/mol. The highest BCUT2D eigenvalue weighted by Crippen LogP contribution is 2.37. The molecule has 4 rings (SSSR count). The van der Waals surface area contributed by atoms with Crippen molar-refractivity contribution in [3.05, 3.63) is 18.2 Å². The van der Waals surface area contributed by atoms with E-state index in [4.69, 9.17) is 4.74 Å². The minimum Gasteiger partial charge on any atom is -0.487 e. The predicted molar refractivity (Wildman–Crippen MR) is 77.1 cm³/mol. The van der Waals surface area contributed by atoms with E-state index in [0.717, 1.165) is 25.1 Å². The molecule has 6 nitrogen and oxygen atoms in total. The van der Waals surface area contributed by atoms with Crippen LogP contribution in [0.2, 0.25) is 0 Å². The molecule has 0 radical (unpaired) electrons. The zero-order valence-corrected chi connectivity index (χ0v) is 12.4. The number of hydrogen-bond donors (Lipinski definition) is 1. The number of anilines is 1. The van der Waals surface area contributed by atoms with Crippen molar-refractivity contribution in [2.45, 2.75) is 29.9 Å². The third kappa shape index (κ3) is 2.11. The lowest BCUT2D eigenvalue weighted by atomic mass is 10.2. The first kappa shape index (κ1) is 13.4. The fraction of sp³-hybridized carbons (Fsp3) is 0.571. The standard InChI is InChI=1S/C14H18N2O4S/c17-11-3-5-15(8-11)10-1-2-14-13(7-10)20-12-4-6-16(9-12)21(14,18)19/h1-2,7,11-12,17H,3-6,8-9H2/t11-,12-/m1/s1. The van der Waals surface area contributed by atoms with Crippen molar-refractivity contribution in [3.8, 4) is 5.75 Å². The van der Waals surface area contributed by atoms with E-state index in [1.165, 1.54) is 4.31 Å². The van der Waals surface area contributed by atoms with Gasteiger partial charge in [-0.2, -0.15) is 4.31 Å². The number of rotatable bonds is 1. The van der Waals surface area contributed by atoms with Crippen molar-refractivity contribution in [1.29, 1.82) is 0 Å². The molecule has 21 heavy (non-hydrogen) atoms. The van der Waals surface area contributed by atoms with E-state index in [2.05, 4.69) is 4.90 Å². The van der Waals surface area contributed by atoms with E-state index in [9.17, 15) is 13.5 Å². The second-order valence-electron chi connectivity index (χ2n) is 5.91. The van der Waals surface area contributed by atoms with Gasteiger partial charge in [-0.15, -0.1) is 0 Å². The van der Waals surface area contributed by atoms with Gasteiger partial charge >= 0.3 is 0 Å². The van der Waals surface area contributed by atoms with Crippen LogP contribution in [0, 0.1) is 0 Å². The van der Waals surface area contributed by atoms with Gasteiger partial charge in [0, 0.05) is 31.4 Å². The molecule has 3 heterocycles. The van der Waals surface area contributed by atoms with Gasteiger partial charge in [-0.25, -0.2) is 8.42 Å². The van der Waals surface area contributed by atoms with E-state index in [1.54, 1.807) is 18.2 Å². The van der Waals surface area contributed by atoms with E-state index in [-0.39, 0.29) is 17.1 Å². The van der Waals surface area contributed by atoms with Gasteiger partial charge in [0.25, 0.3) is 0 Å². The molecule has 0 saturated carbocycles. The number of nitrogens with zero attached hydrogens (tertiary/aromatic N) is 2. The molecular weight excluding hydrogens is 292 g/mol. The largest absolute Gasteiger partial charge is 0.487 e. The third-order valence-electron chi connectivity index (χ3n) is 4.48. The van der Waals surface area contributed by atoms with E-state index < -0.39 is 10.0 Å². The Balaban J connectivity index is 1.75. The fourth-order valence-corrected chi connectivity index (χ4v) is 4.89. The molecule has 3 aliphatic heterocycles. The Morgan fingerprint density at radius 3 is 2.81 bits per heavy atom. The van der Waals surface area contributed by atoms with Crippen LogP contribution in [-0.2, 0) is 10.0 Å². The molecule has 2 bridgehead atoms. The van der Waals surface area contributed by atoms with Crippen LogP contribution in [0.4, 0.5) is 5.69 Å². The smallest absolute Gasteiger partial charge is 0.246 e. The van der Waals surface area contributed by atoms with Gasteiger partial charge in [-0.1, -0.05) is 0 Å². The van der Waals surface area contributed by atoms with Crippen molar-refractivity contribution < 1.29 is 18.3 Å². The number of aliphatic hydroxyl groups excluding tert-OH is 1. The molecule has 1 unspecified atom stereocenters. The van der Waals surface area contributed by atoms with Crippen molar-refractivity contribution in [3.63, 3.8) is 0 Å². The molecule has 0 aromatic heterocycles. The first-order chi connectivity index (χ1) is 10.0. The van der Waals surface area contributed by atoms with Gasteiger partial charge in [0.15, 0.2) is 0 Å². The summed E-state index contributed by atoms with van der Waals surface area (Å²) < 4.78 is 32.5. The first-order valence-corrected chi connectivity index (χ1v) is 8.72. The Hall–Kier alpha value is -1.31. The summed E-state index contributed by atoms with van der Waals surface area (Å²) in [5.74, 6) is 0.445. The lowest BCUT2D eigenvalue weighted by molar-refractivity contribution is 0.198. The highest BCUT2D eigenvalue weighted by Gasteiger charge is 2.39. The van der Waals surface area contributed by atoms with Crippen molar-refractivity contribution in [2.75, 3.05) is 31.1 Å². The molecule has 1 aromatic rings. The summed E-state index contributed by atoms with van der Waals surface area (Å²) in [5.41, 5.74) is 0.910. The first-order valence-electron chi connectivity index (χ1n) is 7.28. The SMILES string of the molecule is O=S1(=O)c2ccc(N3CC[C@@H](O)C3)cc2O[C@@H]2CCN1C2. The molecule has 2 saturated heterocycles. The summed E-state index contributed by atoms with van der Waals surface area (Å²) >= 11 is 0. The minimum absolute atomic E-state index is 0.0551. The van der Waals surface area contributed by atoms with Gasteiger partial charge in [0.05, 0.1) is 12.6 Å². The van der Waals surface area contributed by atoms with Crippen LogP contribution in [0.5, 0.6) is 5.75 Å². The normalized spacial score (nSPS) is 33.4. The van der Waals surface area contributed by atoms with Crippen LogP contribution in [0.3, 0.4) is 0 Å². The van der Waals surface area contributed by atoms with Crippen LogP contribution >= 0.6 is 0 Å². The number of fused-ring (bicyclic) bond motifs is 3. The van der Waals surface area contributed by atoms with Crippen LogP contribution in [0.1, 0.15) is 12.8 Å². The van der Waals surface area contributed by atoms with E-state index in [1.807, 2.05) is 0 Å². The van der Waals surface area contributed by atoms with Crippen molar-refractivity contribution >= 4 is 15.7 Å². The maximum atomic E-state index is 12.6. The molecule has 114 valence electrons. The monoisotopic (exact) mass is 310 g/mol. The van der Waals surface area contributed by atoms with Gasteiger partial charge < -0.3 is 14.7 Å². The summed E-state index contributed by atoms with van der Waals surface area (Å²) in [6, 6.07) is 5.23. The molecule has 3 aliphatic rings. The zero-order chi connectivity index (χ0) is 14.6. The Morgan fingerprint density at radius 2 is 2.05 bits per heavy atom. The van der Waals surface area contributed by atoms with E-state index >= 15 is 0 Å². The number of ether oxygens (including phenoxy) is 1. The zero-order valence-electron chi connectivity index (χ0n) is 11.6. The quantitative estimate of drug-likeness (QED) is 0.814. The average Bonchev–Trinajstić information content (AvgIpc) is 3.05. The number of benzene rings is 1. The lowest BCUT2D eigenvalue weighted by Gasteiger charge is -2.21. The van der Waals surface area contributed by atoms with Gasteiger partial charge in [0.2, 0.25) is 10.0 Å². The van der Waals surface area contributed by atoms with Crippen LogP contribution in [-0.4, -0.2) is 56.2 Å². The van der Waals surface area contributed by atoms with Crippen molar-refractivity contribution in [2.24, 2.45) is 0 Å². The molecule has 3 atom stereocenters. The van der Waals surface area contributed by atoms with Gasteiger partial charge in [-0.05, 0) is 25.0 Å². The predicted octanol–water partition coefficient (Wildman–Crippen LogP) is 0.413. The lowest BCUT2D eigenvalue weighted by Crippen LogP contribution is -2.28. The van der Waals surface area contributed by atoms with Crippen molar-refractivity contribution in [1.82, 2.24) is 4.31 Å². The number of aliphatic hydroxyl groups is 1. The summed E-state index contributed by atoms with van der Waals surface area (Å²) in [4.78, 5) is 2.32. The molecule has 0 amide bonds. The molecule has 1 N–H and O–H groups in total. The molecule has 7 heteroatoms. The van der Waals surface area contributed by atoms with Crippen LogP contribution in [0.25, 0.3) is 0 Å². The Kier molecular flexibility index (Phi) is 2.92. The second kappa shape index (κ2) is 4.59. The molecule has 0 aliphatic carbocycles. The summed E-state index contributed by atoms with van der Waals surface area (Å²) in [5, 5.41) is 9.64. The number of hydrogen-bond acceptors (Lipinski definition) is 5. The summed E-state index contributed by atoms with van der Waals surface area (Å²) in [6.45, 7) is 2.34. The highest BCUT2D eigenvalue weighted by molar-refractivity contribution is 7.89. The number of sulfonamides is 1. The molecule has 1 aromatic carbocycles. The third-order valence-corrected chi connectivity index (χ3v) is 6.38. The molecule has 0 spiro atoms. The van der Waals surface area contributed by atoms with Crippen LogP contribution in [0.15, 0.2) is 23.1 Å². The molecule has 2 fully saturated rings. The minimum atomic E-state index is -3.44. The molecular formula is C14H18N2O4S. The van der Waals surface area contributed by atoms with Gasteiger partial charge in [-0.3, -0.25) is 0 Å². The van der Waals surface area contributed by atoms with Gasteiger partial charge in [0.1, 0.15) is 16.7 Å². The topological polar surface area (TPSA) is 70.1 Å². The summed E-state index contributed by atoms with van der Waals surface area (Å²) in [7, 11) is -3.44. The number of β-amino-alcohol motifs (C(OH)–C–C–N with tert-alkyl or cyclic N) is 1.